The Balaban J connectivity index is 2.39. The third-order valence-corrected chi connectivity index (χ3v) is 4.92. The van der Waals surface area contributed by atoms with Crippen molar-refractivity contribution in [2.24, 2.45) is 11.3 Å². The fraction of sp³-hybridized carbons (Fsp3) is 0.389. The second-order valence-electron chi connectivity index (χ2n) is 5.74. The molecule has 0 aliphatic heterocycles. The lowest BCUT2D eigenvalue weighted by atomic mass is 9.73. The van der Waals surface area contributed by atoms with Crippen LogP contribution in [0.1, 0.15) is 29.6 Å². The predicted octanol–water partition coefficient (Wildman–Crippen LogP) is 3.21. The van der Waals surface area contributed by atoms with Crippen LogP contribution in [0.5, 0.6) is 0 Å². The van der Waals surface area contributed by atoms with Crippen molar-refractivity contribution >= 4 is 29.3 Å². The van der Waals surface area contributed by atoms with Crippen LogP contribution in [0, 0.1) is 11.3 Å². The molecule has 0 amide bonds. The van der Waals surface area contributed by atoms with E-state index in [1.807, 2.05) is 0 Å². The fourth-order valence-electron chi connectivity index (χ4n) is 3.35. The third kappa shape index (κ3) is 2.84. The number of rotatable bonds is 5. The van der Waals surface area contributed by atoms with Gasteiger partial charge in [0.05, 0.1) is 19.2 Å². The molecule has 5 nitrogen and oxygen atoms in total. The highest BCUT2D eigenvalue weighted by atomic mass is 35.5. The predicted molar refractivity (Wildman–Crippen MR) is 88.7 cm³/mol. The van der Waals surface area contributed by atoms with Crippen molar-refractivity contribution in [3.63, 3.8) is 0 Å². The average molecular weight is 351 g/mol. The van der Waals surface area contributed by atoms with Crippen LogP contribution in [0.3, 0.4) is 0 Å². The summed E-state index contributed by atoms with van der Waals surface area (Å²) in [5.41, 5.74) is -0.862. The Kier molecular flexibility index (Phi) is 5.44. The highest BCUT2D eigenvalue weighted by Gasteiger charge is 2.59. The summed E-state index contributed by atoms with van der Waals surface area (Å²) in [6.07, 6.45) is 0.900. The normalized spacial score (nSPS) is 19.0. The number of carbonyl (C=O) groups is 3. The van der Waals surface area contributed by atoms with Crippen molar-refractivity contribution in [3.8, 4) is 0 Å². The Morgan fingerprint density at radius 2 is 1.79 bits per heavy atom. The van der Waals surface area contributed by atoms with Crippen molar-refractivity contribution in [1.29, 1.82) is 0 Å². The number of ketones is 1. The van der Waals surface area contributed by atoms with E-state index in [2.05, 4.69) is 6.58 Å². The van der Waals surface area contributed by atoms with Crippen LogP contribution in [0.2, 0.25) is 5.02 Å². The quantitative estimate of drug-likeness (QED) is 0.353. The van der Waals surface area contributed by atoms with E-state index >= 15 is 0 Å². The Labute approximate surface area is 145 Å². The van der Waals surface area contributed by atoms with Gasteiger partial charge >= 0.3 is 11.9 Å². The smallest absolute Gasteiger partial charge is 0.327 e. The van der Waals surface area contributed by atoms with E-state index in [1.54, 1.807) is 24.3 Å². The summed E-state index contributed by atoms with van der Waals surface area (Å²) in [5.74, 6) is -2.30. The van der Waals surface area contributed by atoms with E-state index in [0.29, 0.717) is 29.0 Å². The molecular weight excluding hydrogens is 332 g/mol. The Hall–Kier alpha value is -2.14. The van der Waals surface area contributed by atoms with Crippen LogP contribution in [-0.4, -0.2) is 31.9 Å². The zero-order valence-corrected chi connectivity index (χ0v) is 14.4. The Morgan fingerprint density at radius 3 is 2.33 bits per heavy atom. The third-order valence-electron chi connectivity index (χ3n) is 4.59. The van der Waals surface area contributed by atoms with Gasteiger partial charge in [-0.15, -0.1) is 0 Å². The molecule has 0 radical (unpaired) electrons. The van der Waals surface area contributed by atoms with Gasteiger partial charge in [-0.3, -0.25) is 14.4 Å². The molecule has 0 N–H and O–H groups in total. The first-order valence-corrected chi connectivity index (χ1v) is 7.90. The molecule has 1 fully saturated rings. The van der Waals surface area contributed by atoms with Gasteiger partial charge in [-0.1, -0.05) is 30.3 Å². The molecule has 0 aromatic heterocycles. The lowest BCUT2D eigenvalue weighted by Gasteiger charge is -2.30. The summed E-state index contributed by atoms with van der Waals surface area (Å²) in [6, 6.07) is 6.67. The highest BCUT2D eigenvalue weighted by molar-refractivity contribution is 6.34. The van der Waals surface area contributed by atoms with Gasteiger partial charge in [0.15, 0.2) is 11.2 Å². The van der Waals surface area contributed by atoms with Crippen LogP contribution in [0.15, 0.2) is 36.4 Å². The molecule has 1 aromatic carbocycles. The van der Waals surface area contributed by atoms with Gasteiger partial charge in [-0.2, -0.15) is 0 Å². The molecule has 128 valence electrons. The van der Waals surface area contributed by atoms with Crippen molar-refractivity contribution in [3.05, 3.63) is 47.0 Å². The molecule has 0 saturated heterocycles. The van der Waals surface area contributed by atoms with Crippen LogP contribution < -0.4 is 0 Å². The molecule has 1 atom stereocenters. The number of methoxy groups -OCH3 is 2. The highest BCUT2D eigenvalue weighted by Crippen LogP contribution is 2.50. The van der Waals surface area contributed by atoms with E-state index in [0.717, 1.165) is 0 Å². The van der Waals surface area contributed by atoms with Gasteiger partial charge in [-0.05, 0) is 36.5 Å². The minimum absolute atomic E-state index is 0.0209. The minimum atomic E-state index is -1.64. The standard InChI is InChI=1S/C18H19ClO5/c1-11-8-9-12(18(11,16(21)23-2)17(22)24-3)10-15(20)13-6-4-5-7-14(13)19/h4-7,12H,1,8-10H2,2-3H3. The molecule has 1 saturated carbocycles. The van der Waals surface area contributed by atoms with Crippen molar-refractivity contribution in [2.45, 2.75) is 19.3 Å². The number of ether oxygens (including phenoxy) is 2. The zero-order chi connectivity index (χ0) is 17.9. The summed E-state index contributed by atoms with van der Waals surface area (Å²) in [4.78, 5) is 37.5. The molecule has 0 bridgehead atoms. The lowest BCUT2D eigenvalue weighted by molar-refractivity contribution is -0.168. The summed E-state index contributed by atoms with van der Waals surface area (Å²) in [6.45, 7) is 3.85. The number of carbonyl (C=O) groups excluding carboxylic acids is 3. The first-order chi connectivity index (χ1) is 11.4. The molecule has 0 spiro atoms. The van der Waals surface area contributed by atoms with Crippen LogP contribution in [-0.2, 0) is 19.1 Å². The number of hydrogen-bond acceptors (Lipinski definition) is 5. The number of halogens is 1. The molecule has 1 unspecified atom stereocenters. The summed E-state index contributed by atoms with van der Waals surface area (Å²) >= 11 is 6.06. The van der Waals surface area contributed by atoms with E-state index in [4.69, 9.17) is 21.1 Å². The van der Waals surface area contributed by atoms with Gasteiger partial charge in [0.25, 0.3) is 0 Å². The van der Waals surface area contributed by atoms with Gasteiger partial charge in [0.1, 0.15) is 0 Å². The second-order valence-corrected chi connectivity index (χ2v) is 6.14. The fourth-order valence-corrected chi connectivity index (χ4v) is 3.60. The summed E-state index contributed by atoms with van der Waals surface area (Å²) in [5, 5.41) is 0.334. The molecule has 1 aromatic rings. The molecule has 1 aliphatic rings. The number of hydrogen-bond donors (Lipinski definition) is 0. The van der Waals surface area contributed by atoms with Crippen molar-refractivity contribution in [2.75, 3.05) is 14.2 Å². The van der Waals surface area contributed by atoms with Crippen molar-refractivity contribution in [1.82, 2.24) is 0 Å². The van der Waals surface area contributed by atoms with Gasteiger partial charge in [0, 0.05) is 12.0 Å². The summed E-state index contributed by atoms with van der Waals surface area (Å²) in [7, 11) is 2.40. The maximum Gasteiger partial charge on any atom is 0.327 e. The average Bonchev–Trinajstić information content (AvgIpc) is 2.90. The van der Waals surface area contributed by atoms with Gasteiger partial charge in [-0.25, -0.2) is 0 Å². The van der Waals surface area contributed by atoms with Crippen LogP contribution >= 0.6 is 11.6 Å². The van der Waals surface area contributed by atoms with Gasteiger partial charge < -0.3 is 9.47 Å². The van der Waals surface area contributed by atoms with Crippen LogP contribution in [0.4, 0.5) is 0 Å². The van der Waals surface area contributed by atoms with E-state index < -0.39 is 23.3 Å². The van der Waals surface area contributed by atoms with E-state index in [1.165, 1.54) is 14.2 Å². The second kappa shape index (κ2) is 7.18. The molecule has 0 heterocycles. The molecule has 2 rings (SSSR count). The number of Topliss-reactive ketones (excluding diaryl/α,β-unsaturated/α-hetero) is 1. The van der Waals surface area contributed by atoms with Crippen LogP contribution in [0.25, 0.3) is 0 Å². The van der Waals surface area contributed by atoms with Crippen molar-refractivity contribution < 1.29 is 23.9 Å². The maximum absolute atomic E-state index is 12.6. The number of esters is 2. The largest absolute Gasteiger partial charge is 0.468 e. The first-order valence-electron chi connectivity index (χ1n) is 7.52. The topological polar surface area (TPSA) is 69.7 Å². The monoisotopic (exact) mass is 350 g/mol. The first kappa shape index (κ1) is 18.2. The maximum atomic E-state index is 12.6. The molecular formula is C18H19ClO5. The Morgan fingerprint density at radius 1 is 1.21 bits per heavy atom. The van der Waals surface area contributed by atoms with E-state index in [9.17, 15) is 14.4 Å². The summed E-state index contributed by atoms with van der Waals surface area (Å²) < 4.78 is 9.67. The zero-order valence-electron chi connectivity index (χ0n) is 13.6. The Bertz CT molecular complexity index is 678. The molecule has 24 heavy (non-hydrogen) atoms. The minimum Gasteiger partial charge on any atom is -0.468 e. The molecule has 6 heteroatoms. The lowest BCUT2D eigenvalue weighted by Crippen LogP contribution is -2.45. The number of benzene rings is 1. The molecule has 1 aliphatic carbocycles. The SMILES string of the molecule is C=C1CCC(CC(=O)c2ccccc2Cl)C1(C(=O)OC)C(=O)OC. The van der Waals surface area contributed by atoms with Gasteiger partial charge in [0.2, 0.25) is 0 Å². The van der Waals surface area contributed by atoms with E-state index in [-0.39, 0.29) is 12.2 Å².